The predicted molar refractivity (Wildman–Crippen MR) is 159 cm³/mol. The van der Waals surface area contributed by atoms with Crippen molar-refractivity contribution in [2.24, 2.45) is 0 Å². The van der Waals surface area contributed by atoms with E-state index in [1.165, 1.54) is 24.5 Å². The maximum Gasteiger partial charge on any atom is 0.323 e. The summed E-state index contributed by atoms with van der Waals surface area (Å²) >= 11 is 5.18. The number of carbonyl (C=O) groups excluding carboxylic acids is 2. The van der Waals surface area contributed by atoms with Crippen LogP contribution in [0.25, 0.3) is 0 Å². The van der Waals surface area contributed by atoms with Gasteiger partial charge in [0.1, 0.15) is 12.1 Å². The SMILES string of the molecule is CN(C)CCN1CCN(C(=O)Nc2cc(Oc3ccc(NC(=S)NC(=O)Cc4ccccc4)cc3F)ncn2)CC1. The van der Waals surface area contributed by atoms with E-state index in [9.17, 15) is 14.0 Å². The van der Waals surface area contributed by atoms with E-state index in [2.05, 4.69) is 35.7 Å². The van der Waals surface area contributed by atoms with E-state index < -0.39 is 5.82 Å². The average Bonchev–Trinajstić information content (AvgIpc) is 2.94. The molecule has 2 heterocycles. The van der Waals surface area contributed by atoms with Gasteiger partial charge < -0.3 is 25.2 Å². The van der Waals surface area contributed by atoms with Gasteiger partial charge in [-0.25, -0.2) is 19.2 Å². The number of ether oxygens (including phenoxy) is 1. The van der Waals surface area contributed by atoms with Crippen molar-refractivity contribution in [2.45, 2.75) is 6.42 Å². The van der Waals surface area contributed by atoms with E-state index in [4.69, 9.17) is 17.0 Å². The van der Waals surface area contributed by atoms with Crippen molar-refractivity contribution in [2.75, 3.05) is 64.0 Å². The number of anilines is 2. The Bertz CT molecular complexity index is 1350. The maximum atomic E-state index is 14.8. The zero-order chi connectivity index (χ0) is 29.2. The van der Waals surface area contributed by atoms with Gasteiger partial charge in [0.25, 0.3) is 0 Å². The lowest BCUT2D eigenvalue weighted by Gasteiger charge is -2.35. The fourth-order valence-corrected chi connectivity index (χ4v) is 4.29. The Labute approximate surface area is 243 Å². The number of hydrogen-bond acceptors (Lipinski definition) is 8. The standard InChI is InChI=1S/C28H33FN8O3S/c1-35(2)10-11-36-12-14-37(15-13-36)28(39)33-24-18-26(31-19-30-24)40-23-9-8-21(17-22(23)29)32-27(41)34-25(38)16-20-6-4-3-5-7-20/h3-9,17-19H,10-16H2,1-2H3,(H,30,31,33,39)(H2,32,34,38,41). The first-order valence-electron chi connectivity index (χ1n) is 13.1. The van der Waals surface area contributed by atoms with Crippen LogP contribution in [0.4, 0.5) is 20.7 Å². The highest BCUT2D eigenvalue weighted by Crippen LogP contribution is 2.26. The first-order chi connectivity index (χ1) is 19.7. The van der Waals surface area contributed by atoms with Crippen LogP contribution in [0.15, 0.2) is 60.9 Å². The molecular formula is C28H33FN8O3S. The zero-order valence-corrected chi connectivity index (χ0v) is 23.8. The van der Waals surface area contributed by atoms with Crippen LogP contribution in [0.1, 0.15) is 5.56 Å². The molecule has 2 aromatic carbocycles. The number of likely N-dealkylation sites (N-methyl/N-ethyl adjacent to an activating group) is 1. The number of nitrogens with zero attached hydrogens (tertiary/aromatic N) is 5. The summed E-state index contributed by atoms with van der Waals surface area (Å²) in [5, 5.41) is 8.17. The van der Waals surface area contributed by atoms with Crippen molar-refractivity contribution < 1.29 is 18.7 Å². The smallest absolute Gasteiger partial charge is 0.323 e. The third-order valence-electron chi connectivity index (χ3n) is 6.26. The molecule has 13 heteroatoms. The Morgan fingerprint density at radius 2 is 1.78 bits per heavy atom. The van der Waals surface area contributed by atoms with Gasteiger partial charge in [0.05, 0.1) is 6.42 Å². The fourth-order valence-electron chi connectivity index (χ4n) is 4.06. The summed E-state index contributed by atoms with van der Waals surface area (Å²) < 4.78 is 20.4. The number of nitrogens with one attached hydrogen (secondary N) is 3. The van der Waals surface area contributed by atoms with Crippen LogP contribution in [-0.2, 0) is 11.2 Å². The predicted octanol–water partition coefficient (Wildman–Crippen LogP) is 3.17. The number of thiocarbonyl (C=S) groups is 1. The minimum Gasteiger partial charge on any atom is -0.436 e. The molecule has 216 valence electrons. The molecule has 0 radical (unpaired) electrons. The first-order valence-corrected chi connectivity index (χ1v) is 13.5. The molecule has 3 amide bonds. The van der Waals surface area contributed by atoms with Crippen molar-refractivity contribution in [3.8, 4) is 11.6 Å². The lowest BCUT2D eigenvalue weighted by atomic mass is 10.1. The molecule has 0 aliphatic carbocycles. The summed E-state index contributed by atoms with van der Waals surface area (Å²) in [6.07, 6.45) is 1.40. The Morgan fingerprint density at radius 3 is 2.49 bits per heavy atom. The molecule has 41 heavy (non-hydrogen) atoms. The van der Waals surface area contributed by atoms with Crippen LogP contribution in [0.5, 0.6) is 11.6 Å². The van der Waals surface area contributed by atoms with E-state index >= 15 is 0 Å². The molecule has 1 fully saturated rings. The van der Waals surface area contributed by atoms with E-state index in [0.29, 0.717) is 18.8 Å². The topological polar surface area (TPSA) is 115 Å². The molecule has 4 rings (SSSR count). The van der Waals surface area contributed by atoms with Gasteiger partial charge in [0.15, 0.2) is 16.7 Å². The van der Waals surface area contributed by atoms with Crippen molar-refractivity contribution in [1.29, 1.82) is 0 Å². The third-order valence-corrected chi connectivity index (χ3v) is 6.47. The number of amides is 3. The summed E-state index contributed by atoms with van der Waals surface area (Å²) in [5.74, 6) is -0.746. The molecule has 3 aromatic rings. The molecular weight excluding hydrogens is 547 g/mol. The summed E-state index contributed by atoms with van der Waals surface area (Å²) in [7, 11) is 4.08. The van der Waals surface area contributed by atoms with E-state index in [-0.39, 0.29) is 40.9 Å². The maximum absolute atomic E-state index is 14.8. The summed E-state index contributed by atoms with van der Waals surface area (Å²) in [5.41, 5.74) is 1.18. The van der Waals surface area contributed by atoms with E-state index in [1.807, 2.05) is 44.4 Å². The summed E-state index contributed by atoms with van der Waals surface area (Å²) in [6, 6.07) is 14.5. The van der Waals surface area contributed by atoms with Crippen LogP contribution in [-0.4, -0.2) is 95.1 Å². The number of hydrogen-bond donors (Lipinski definition) is 3. The van der Waals surface area contributed by atoms with Gasteiger partial charge in [-0.1, -0.05) is 30.3 Å². The number of rotatable bonds is 9. The number of aromatic nitrogens is 2. The second-order valence-corrected chi connectivity index (χ2v) is 10.1. The molecule has 1 aliphatic heterocycles. The van der Waals surface area contributed by atoms with Gasteiger partial charge in [-0.2, -0.15) is 0 Å². The molecule has 1 saturated heterocycles. The lowest BCUT2D eigenvalue weighted by molar-refractivity contribution is -0.119. The third kappa shape index (κ3) is 9.45. The van der Waals surface area contributed by atoms with Gasteiger partial charge in [-0.15, -0.1) is 0 Å². The van der Waals surface area contributed by atoms with Crippen LogP contribution in [0.2, 0.25) is 0 Å². The number of benzene rings is 2. The van der Waals surface area contributed by atoms with Gasteiger partial charge in [-0.3, -0.25) is 15.0 Å². The lowest BCUT2D eigenvalue weighted by Crippen LogP contribution is -2.51. The van der Waals surface area contributed by atoms with Crippen LogP contribution < -0.4 is 20.7 Å². The second kappa shape index (κ2) is 14.4. The Balaban J connectivity index is 1.26. The Hall–Kier alpha value is -4.20. The minimum absolute atomic E-state index is 0.0464. The van der Waals surface area contributed by atoms with E-state index in [0.717, 1.165) is 31.7 Å². The van der Waals surface area contributed by atoms with Crippen molar-refractivity contribution >= 4 is 40.8 Å². The number of piperazine rings is 1. The van der Waals surface area contributed by atoms with Gasteiger partial charge >= 0.3 is 6.03 Å². The zero-order valence-electron chi connectivity index (χ0n) is 23.0. The molecule has 0 bridgehead atoms. The monoisotopic (exact) mass is 580 g/mol. The van der Waals surface area contributed by atoms with Gasteiger partial charge in [0, 0.05) is 57.1 Å². The number of carbonyl (C=O) groups is 2. The highest BCUT2D eigenvalue weighted by Gasteiger charge is 2.21. The van der Waals surface area contributed by atoms with Crippen molar-refractivity contribution in [1.82, 2.24) is 30.0 Å². The Kier molecular flexibility index (Phi) is 10.5. The van der Waals surface area contributed by atoms with Crippen LogP contribution in [0, 0.1) is 5.82 Å². The molecule has 3 N–H and O–H groups in total. The van der Waals surface area contributed by atoms with E-state index in [1.54, 1.807) is 11.0 Å². The van der Waals surface area contributed by atoms with Crippen LogP contribution in [0.3, 0.4) is 0 Å². The minimum atomic E-state index is -0.676. The number of halogens is 1. The fraction of sp³-hybridized carbons (Fsp3) is 0.321. The summed E-state index contributed by atoms with van der Waals surface area (Å²) in [4.78, 5) is 39.2. The number of urea groups is 1. The summed E-state index contributed by atoms with van der Waals surface area (Å²) in [6.45, 7) is 4.75. The molecule has 0 atom stereocenters. The van der Waals surface area contributed by atoms with Crippen molar-refractivity contribution in [3.05, 3.63) is 72.3 Å². The highest BCUT2D eigenvalue weighted by molar-refractivity contribution is 7.80. The molecule has 0 spiro atoms. The van der Waals surface area contributed by atoms with Gasteiger partial charge in [-0.05, 0) is 44.0 Å². The highest BCUT2D eigenvalue weighted by atomic mass is 32.1. The first kappa shape index (κ1) is 29.8. The Morgan fingerprint density at radius 1 is 1.02 bits per heavy atom. The van der Waals surface area contributed by atoms with Crippen LogP contribution >= 0.6 is 12.2 Å². The molecule has 1 aliphatic rings. The quantitative estimate of drug-likeness (QED) is 0.328. The van der Waals surface area contributed by atoms with Crippen molar-refractivity contribution in [3.63, 3.8) is 0 Å². The normalized spacial score (nSPS) is 13.5. The largest absolute Gasteiger partial charge is 0.436 e. The second-order valence-electron chi connectivity index (χ2n) is 9.72. The molecule has 0 saturated carbocycles. The molecule has 1 aromatic heterocycles. The molecule has 0 unspecified atom stereocenters. The van der Waals surface area contributed by atoms with Gasteiger partial charge in [0.2, 0.25) is 11.8 Å². The average molecular weight is 581 g/mol. The molecule has 11 nitrogen and oxygen atoms in total.